The van der Waals surface area contributed by atoms with E-state index in [0.717, 1.165) is 5.56 Å². The lowest BCUT2D eigenvalue weighted by molar-refractivity contribution is -0.145. The van der Waals surface area contributed by atoms with Gasteiger partial charge in [-0.25, -0.2) is 0 Å². The van der Waals surface area contributed by atoms with E-state index in [0.29, 0.717) is 12.2 Å². The number of amides is 2. The molecule has 0 atom stereocenters. The highest BCUT2D eigenvalue weighted by Gasteiger charge is 2.40. The summed E-state index contributed by atoms with van der Waals surface area (Å²) < 4.78 is 0. The Morgan fingerprint density at radius 1 is 1.55 bits per heavy atom. The third-order valence-corrected chi connectivity index (χ3v) is 3.59. The van der Waals surface area contributed by atoms with E-state index >= 15 is 0 Å². The lowest BCUT2D eigenvalue weighted by atomic mass is 9.98. The van der Waals surface area contributed by atoms with Gasteiger partial charge in [-0.3, -0.25) is 24.8 Å². The lowest BCUT2D eigenvalue weighted by Gasteiger charge is -2.40. The zero-order valence-electron chi connectivity index (χ0n) is 11.3. The molecular formula is C13H16N4O2S. The molecular weight excluding hydrogens is 276 g/mol. The molecule has 2 heterocycles. The van der Waals surface area contributed by atoms with E-state index in [1.807, 2.05) is 11.0 Å². The van der Waals surface area contributed by atoms with Crippen molar-refractivity contribution in [1.29, 1.82) is 0 Å². The van der Waals surface area contributed by atoms with Crippen LogP contribution in [0.4, 0.5) is 0 Å². The maximum Gasteiger partial charge on any atom is 0.246 e. The highest BCUT2D eigenvalue weighted by Crippen LogP contribution is 2.21. The van der Waals surface area contributed by atoms with Gasteiger partial charge in [-0.05, 0) is 31.5 Å². The molecule has 1 aromatic heterocycles. The fraction of sp³-hybridized carbons (Fsp3) is 0.385. The molecule has 1 saturated heterocycles. The number of aromatic nitrogens is 1. The smallest absolute Gasteiger partial charge is 0.246 e. The van der Waals surface area contributed by atoms with Gasteiger partial charge in [0.2, 0.25) is 11.8 Å². The molecule has 1 aromatic rings. The van der Waals surface area contributed by atoms with Crippen LogP contribution in [-0.2, 0) is 16.1 Å². The first-order chi connectivity index (χ1) is 9.30. The SMILES string of the molecule is CC1(C)C(=O)NC(=O)CN1Cc1ccnc(C(N)=S)c1. The second kappa shape index (κ2) is 5.26. The van der Waals surface area contributed by atoms with E-state index < -0.39 is 5.54 Å². The van der Waals surface area contributed by atoms with Crippen molar-refractivity contribution in [1.82, 2.24) is 15.2 Å². The summed E-state index contributed by atoms with van der Waals surface area (Å²) in [6.45, 7) is 4.18. The van der Waals surface area contributed by atoms with Gasteiger partial charge in [0.15, 0.2) is 0 Å². The summed E-state index contributed by atoms with van der Waals surface area (Å²) in [6.07, 6.45) is 1.61. The number of carbonyl (C=O) groups excluding carboxylic acids is 2. The molecule has 2 amide bonds. The molecule has 3 N–H and O–H groups in total. The van der Waals surface area contributed by atoms with Gasteiger partial charge in [0.1, 0.15) is 4.99 Å². The van der Waals surface area contributed by atoms with Crippen LogP contribution in [0.2, 0.25) is 0 Å². The number of piperazine rings is 1. The zero-order chi connectivity index (χ0) is 14.9. The van der Waals surface area contributed by atoms with Crippen LogP contribution in [0, 0.1) is 0 Å². The number of carbonyl (C=O) groups is 2. The molecule has 106 valence electrons. The van der Waals surface area contributed by atoms with Gasteiger partial charge in [0.25, 0.3) is 0 Å². The zero-order valence-corrected chi connectivity index (χ0v) is 12.2. The van der Waals surface area contributed by atoms with Gasteiger partial charge >= 0.3 is 0 Å². The summed E-state index contributed by atoms with van der Waals surface area (Å²) in [7, 11) is 0. The van der Waals surface area contributed by atoms with Gasteiger partial charge < -0.3 is 5.73 Å². The Balaban J connectivity index is 2.24. The van der Waals surface area contributed by atoms with Gasteiger partial charge in [-0.15, -0.1) is 0 Å². The molecule has 0 spiro atoms. The monoisotopic (exact) mass is 292 g/mol. The molecule has 0 saturated carbocycles. The van der Waals surface area contributed by atoms with Gasteiger partial charge in [-0.1, -0.05) is 12.2 Å². The van der Waals surface area contributed by atoms with Crippen LogP contribution in [0.5, 0.6) is 0 Å². The van der Waals surface area contributed by atoms with E-state index in [4.69, 9.17) is 18.0 Å². The van der Waals surface area contributed by atoms with Crippen molar-refractivity contribution in [3.8, 4) is 0 Å². The topological polar surface area (TPSA) is 88.3 Å². The number of rotatable bonds is 3. The molecule has 1 aliphatic heterocycles. The minimum Gasteiger partial charge on any atom is -0.388 e. The van der Waals surface area contributed by atoms with Crippen molar-refractivity contribution in [2.75, 3.05) is 6.54 Å². The Morgan fingerprint density at radius 3 is 2.90 bits per heavy atom. The summed E-state index contributed by atoms with van der Waals surface area (Å²) in [5, 5.41) is 2.34. The maximum absolute atomic E-state index is 11.9. The summed E-state index contributed by atoms with van der Waals surface area (Å²) >= 11 is 4.89. The number of imide groups is 1. The van der Waals surface area contributed by atoms with E-state index in [-0.39, 0.29) is 23.3 Å². The number of nitrogens with zero attached hydrogens (tertiary/aromatic N) is 2. The number of nitrogens with one attached hydrogen (secondary N) is 1. The highest BCUT2D eigenvalue weighted by atomic mass is 32.1. The highest BCUT2D eigenvalue weighted by molar-refractivity contribution is 7.80. The van der Waals surface area contributed by atoms with Crippen LogP contribution in [-0.4, -0.2) is 38.8 Å². The minimum atomic E-state index is -0.749. The average molecular weight is 292 g/mol. The van der Waals surface area contributed by atoms with E-state index in [1.54, 1.807) is 26.1 Å². The fourth-order valence-electron chi connectivity index (χ4n) is 2.02. The molecule has 0 aromatic carbocycles. The number of hydrogen-bond donors (Lipinski definition) is 2. The predicted molar refractivity (Wildman–Crippen MR) is 77.8 cm³/mol. The number of nitrogens with two attached hydrogens (primary N) is 1. The van der Waals surface area contributed by atoms with Crippen molar-refractivity contribution in [2.45, 2.75) is 25.9 Å². The van der Waals surface area contributed by atoms with E-state index in [1.165, 1.54) is 0 Å². The Kier molecular flexibility index (Phi) is 3.82. The third-order valence-electron chi connectivity index (χ3n) is 3.38. The molecule has 1 aliphatic rings. The number of hydrogen-bond acceptors (Lipinski definition) is 5. The molecule has 1 fully saturated rings. The summed E-state index contributed by atoms with van der Waals surface area (Å²) in [6, 6.07) is 3.59. The quantitative estimate of drug-likeness (QED) is 0.600. The van der Waals surface area contributed by atoms with Gasteiger partial charge in [-0.2, -0.15) is 0 Å². The summed E-state index contributed by atoms with van der Waals surface area (Å²) in [5.41, 5.74) is 6.23. The van der Waals surface area contributed by atoms with Gasteiger partial charge in [0, 0.05) is 12.7 Å². The molecule has 7 heteroatoms. The molecule has 0 aliphatic carbocycles. The van der Waals surface area contributed by atoms with Crippen molar-refractivity contribution in [3.63, 3.8) is 0 Å². The van der Waals surface area contributed by atoms with Crippen LogP contribution in [0.1, 0.15) is 25.1 Å². The Morgan fingerprint density at radius 2 is 2.25 bits per heavy atom. The van der Waals surface area contributed by atoms with Crippen molar-refractivity contribution >= 4 is 29.0 Å². The third kappa shape index (κ3) is 2.83. The molecule has 0 bridgehead atoms. The first-order valence-corrected chi connectivity index (χ1v) is 6.55. The molecule has 20 heavy (non-hydrogen) atoms. The first-order valence-electron chi connectivity index (χ1n) is 6.15. The molecule has 2 rings (SSSR count). The Hall–Kier alpha value is -1.86. The first kappa shape index (κ1) is 14.5. The van der Waals surface area contributed by atoms with Crippen LogP contribution >= 0.6 is 12.2 Å². The second-order valence-electron chi connectivity index (χ2n) is 5.21. The molecule has 0 unspecified atom stereocenters. The van der Waals surface area contributed by atoms with Crippen LogP contribution in [0.3, 0.4) is 0 Å². The summed E-state index contributed by atoms with van der Waals surface area (Å²) in [4.78, 5) is 29.5. The second-order valence-corrected chi connectivity index (χ2v) is 5.65. The van der Waals surface area contributed by atoms with Crippen molar-refractivity contribution in [3.05, 3.63) is 29.6 Å². The lowest BCUT2D eigenvalue weighted by Crippen LogP contribution is -2.63. The van der Waals surface area contributed by atoms with Crippen LogP contribution in [0.25, 0.3) is 0 Å². The van der Waals surface area contributed by atoms with Gasteiger partial charge in [0.05, 0.1) is 17.8 Å². The Bertz CT molecular complexity index is 585. The maximum atomic E-state index is 11.9. The Labute approximate surface area is 122 Å². The average Bonchev–Trinajstić information content (AvgIpc) is 2.36. The van der Waals surface area contributed by atoms with Crippen molar-refractivity contribution in [2.24, 2.45) is 5.73 Å². The molecule has 6 nitrogen and oxygen atoms in total. The number of thiocarbonyl (C=S) groups is 1. The minimum absolute atomic E-state index is 0.170. The normalized spacial score (nSPS) is 18.7. The number of pyridine rings is 1. The standard InChI is InChI=1S/C13H16N4O2S/c1-13(2)12(19)16-10(18)7-17(13)6-8-3-4-15-9(5-8)11(14)20/h3-5H,6-7H2,1-2H3,(H2,14,20)(H,16,18,19). The van der Waals surface area contributed by atoms with E-state index in [9.17, 15) is 9.59 Å². The molecule has 0 radical (unpaired) electrons. The van der Waals surface area contributed by atoms with E-state index in [2.05, 4.69) is 10.3 Å². The predicted octanol–water partition coefficient (Wildman–Crippen LogP) is -0.0472. The van der Waals surface area contributed by atoms with Crippen molar-refractivity contribution < 1.29 is 9.59 Å². The van der Waals surface area contributed by atoms with Crippen LogP contribution < -0.4 is 11.1 Å². The largest absolute Gasteiger partial charge is 0.388 e. The summed E-state index contributed by atoms with van der Waals surface area (Å²) in [5.74, 6) is -0.588. The van der Waals surface area contributed by atoms with Crippen LogP contribution in [0.15, 0.2) is 18.3 Å². The fourth-order valence-corrected chi connectivity index (χ4v) is 2.13.